The Morgan fingerprint density at radius 1 is 1.33 bits per heavy atom. The van der Waals surface area contributed by atoms with Crippen LogP contribution >= 0.6 is 11.6 Å². The summed E-state index contributed by atoms with van der Waals surface area (Å²) in [6, 6.07) is 3.08. The van der Waals surface area contributed by atoms with Crippen LogP contribution in [0.25, 0.3) is 0 Å². The van der Waals surface area contributed by atoms with E-state index in [1.54, 1.807) is 6.07 Å². The maximum atomic E-state index is 14.5. The van der Waals surface area contributed by atoms with Crippen molar-refractivity contribution in [3.05, 3.63) is 52.0 Å². The van der Waals surface area contributed by atoms with Crippen LogP contribution in [0.15, 0.2) is 35.6 Å². The van der Waals surface area contributed by atoms with Gasteiger partial charge in [-0.1, -0.05) is 49.4 Å². The summed E-state index contributed by atoms with van der Waals surface area (Å²) in [5.74, 6) is -0.0423. The predicted octanol–water partition coefficient (Wildman–Crippen LogP) is 5.80. The molecule has 1 saturated heterocycles. The van der Waals surface area contributed by atoms with Crippen molar-refractivity contribution in [2.75, 3.05) is 4.90 Å². The molecule has 2 aliphatic rings. The number of hydrogen-bond acceptors (Lipinski definition) is 1. The first-order valence-corrected chi connectivity index (χ1v) is 8.92. The molecule has 1 heterocycles. The normalized spacial score (nSPS) is 18.8. The highest BCUT2D eigenvalue weighted by molar-refractivity contribution is 6.31. The zero-order valence-corrected chi connectivity index (χ0v) is 15.0. The fourth-order valence-corrected chi connectivity index (χ4v) is 3.97. The van der Waals surface area contributed by atoms with Gasteiger partial charge in [0.1, 0.15) is 5.82 Å². The molecule has 1 aliphatic carbocycles. The Hall–Kier alpha value is -1.61. The van der Waals surface area contributed by atoms with E-state index in [2.05, 4.69) is 6.58 Å². The Labute approximate surface area is 148 Å². The highest BCUT2D eigenvalue weighted by Crippen LogP contribution is 2.38. The first-order valence-electron chi connectivity index (χ1n) is 8.55. The van der Waals surface area contributed by atoms with E-state index in [-0.39, 0.29) is 11.6 Å². The van der Waals surface area contributed by atoms with Crippen molar-refractivity contribution < 1.29 is 9.18 Å². The molecule has 2 nitrogen and oxygen atoms in total. The topological polar surface area (TPSA) is 20.3 Å². The smallest absolute Gasteiger partial charge is 0.258 e. The Balaban J connectivity index is 1.97. The summed E-state index contributed by atoms with van der Waals surface area (Å²) in [6.45, 7) is 7.76. The van der Waals surface area contributed by atoms with Crippen LogP contribution in [0, 0.1) is 11.7 Å². The zero-order chi connectivity index (χ0) is 17.4. The van der Waals surface area contributed by atoms with Crippen molar-refractivity contribution in [2.45, 2.75) is 52.4 Å². The highest BCUT2D eigenvalue weighted by Gasteiger charge is 2.33. The molecule has 0 radical (unpaired) electrons. The quantitative estimate of drug-likeness (QED) is 0.633. The number of rotatable bonds is 3. The van der Waals surface area contributed by atoms with Crippen molar-refractivity contribution in [2.24, 2.45) is 5.92 Å². The Morgan fingerprint density at radius 2 is 2.00 bits per heavy atom. The minimum absolute atomic E-state index is 0.173. The van der Waals surface area contributed by atoms with Crippen molar-refractivity contribution >= 4 is 23.2 Å². The van der Waals surface area contributed by atoms with Gasteiger partial charge in [-0.2, -0.15) is 0 Å². The van der Waals surface area contributed by atoms with E-state index >= 15 is 0 Å². The molecule has 2 fully saturated rings. The van der Waals surface area contributed by atoms with Crippen LogP contribution < -0.4 is 4.90 Å². The molecule has 24 heavy (non-hydrogen) atoms. The van der Waals surface area contributed by atoms with Gasteiger partial charge in [0.05, 0.1) is 5.69 Å². The van der Waals surface area contributed by atoms with Crippen LogP contribution in [-0.2, 0) is 11.2 Å². The molecule has 128 valence electrons. The van der Waals surface area contributed by atoms with E-state index in [1.807, 2.05) is 13.8 Å². The van der Waals surface area contributed by atoms with Crippen LogP contribution in [0.3, 0.4) is 0 Å². The number of amides is 1. The fraction of sp³-hybridized carbons (Fsp3) is 0.450. The lowest BCUT2D eigenvalue weighted by molar-refractivity contribution is -0.114. The third kappa shape index (κ3) is 3.14. The first-order chi connectivity index (χ1) is 11.4. The number of benzene rings is 1. The standard InChI is InChI=1S/C20H23ClFNO/c1-12(2)16-8-13(3)23(20(16)24)19-10-15(17(21)11-18(19)22)9-14-6-4-5-7-14/h10-11,14H,3-9H2,1-2H3. The number of halogens is 2. The van der Waals surface area contributed by atoms with E-state index < -0.39 is 5.82 Å². The molecule has 3 rings (SSSR count). The number of hydrogen-bond donors (Lipinski definition) is 0. The van der Waals surface area contributed by atoms with Crippen molar-refractivity contribution in [3.63, 3.8) is 0 Å². The summed E-state index contributed by atoms with van der Waals surface area (Å²) in [5, 5.41) is 0.447. The van der Waals surface area contributed by atoms with Gasteiger partial charge in [-0.05, 0) is 43.9 Å². The summed E-state index contributed by atoms with van der Waals surface area (Å²) in [5.41, 5.74) is 3.46. The lowest BCUT2D eigenvalue weighted by atomic mass is 9.97. The van der Waals surface area contributed by atoms with Gasteiger partial charge < -0.3 is 0 Å². The molecule has 4 heteroatoms. The van der Waals surface area contributed by atoms with E-state index in [4.69, 9.17) is 11.6 Å². The molecular formula is C20H23ClFNO. The Morgan fingerprint density at radius 3 is 2.58 bits per heavy atom. The SMILES string of the molecule is C=C1CC(=C(C)C)C(=O)N1c1cc(CC2CCCC2)c(Cl)cc1F. The van der Waals surface area contributed by atoms with Gasteiger partial charge in [0.15, 0.2) is 0 Å². The second-order valence-corrected chi connectivity index (χ2v) is 7.52. The lowest BCUT2D eigenvalue weighted by Gasteiger charge is -2.20. The van der Waals surface area contributed by atoms with Crippen LogP contribution in [0.1, 0.15) is 51.5 Å². The fourth-order valence-electron chi connectivity index (χ4n) is 3.74. The lowest BCUT2D eigenvalue weighted by Crippen LogP contribution is -2.24. The van der Waals surface area contributed by atoms with E-state index in [1.165, 1.54) is 36.6 Å². The van der Waals surface area contributed by atoms with Crippen LogP contribution in [-0.4, -0.2) is 5.91 Å². The predicted molar refractivity (Wildman–Crippen MR) is 96.7 cm³/mol. The van der Waals surface area contributed by atoms with Crippen molar-refractivity contribution in [1.29, 1.82) is 0 Å². The molecule has 0 aromatic heterocycles. The molecule has 1 amide bonds. The first kappa shape index (κ1) is 17.2. The van der Waals surface area contributed by atoms with Crippen molar-refractivity contribution in [3.8, 4) is 0 Å². The number of nitrogens with zero attached hydrogens (tertiary/aromatic N) is 1. The number of carbonyl (C=O) groups is 1. The minimum Gasteiger partial charge on any atom is -0.278 e. The highest BCUT2D eigenvalue weighted by atomic mass is 35.5. The van der Waals surface area contributed by atoms with Gasteiger partial charge in [0, 0.05) is 22.7 Å². The average molecular weight is 348 g/mol. The third-order valence-electron chi connectivity index (χ3n) is 5.10. The minimum atomic E-state index is -0.473. The van der Waals surface area contributed by atoms with Gasteiger partial charge in [0.25, 0.3) is 5.91 Å². The molecule has 1 aromatic carbocycles. The second kappa shape index (κ2) is 6.72. The molecule has 1 aromatic rings. The summed E-state index contributed by atoms with van der Waals surface area (Å²) in [7, 11) is 0. The molecule has 0 spiro atoms. The Bertz CT molecular complexity index is 727. The van der Waals surface area contributed by atoms with Gasteiger partial charge in [-0.3, -0.25) is 9.69 Å². The van der Waals surface area contributed by atoms with Gasteiger partial charge in [-0.25, -0.2) is 4.39 Å². The maximum Gasteiger partial charge on any atom is 0.258 e. The molecule has 1 saturated carbocycles. The van der Waals surface area contributed by atoms with Gasteiger partial charge in [-0.15, -0.1) is 0 Å². The monoisotopic (exact) mass is 347 g/mol. The summed E-state index contributed by atoms with van der Waals surface area (Å²) in [4.78, 5) is 14.1. The molecule has 1 aliphatic heterocycles. The Kier molecular flexibility index (Phi) is 4.82. The molecule has 0 atom stereocenters. The number of carbonyl (C=O) groups excluding carboxylic acids is 1. The largest absolute Gasteiger partial charge is 0.278 e. The van der Waals surface area contributed by atoms with Crippen LogP contribution in [0.4, 0.5) is 10.1 Å². The average Bonchev–Trinajstić information content (AvgIpc) is 3.11. The molecular weight excluding hydrogens is 325 g/mol. The maximum absolute atomic E-state index is 14.5. The molecule has 0 N–H and O–H groups in total. The zero-order valence-electron chi connectivity index (χ0n) is 14.3. The third-order valence-corrected chi connectivity index (χ3v) is 5.45. The summed E-state index contributed by atoms with van der Waals surface area (Å²) >= 11 is 6.26. The second-order valence-electron chi connectivity index (χ2n) is 7.11. The van der Waals surface area contributed by atoms with Gasteiger partial charge >= 0.3 is 0 Å². The summed E-state index contributed by atoms with van der Waals surface area (Å²) < 4.78 is 14.5. The number of anilines is 1. The molecule has 0 bridgehead atoms. The number of allylic oxidation sites excluding steroid dienone is 2. The van der Waals surface area contributed by atoms with Crippen LogP contribution in [0.2, 0.25) is 5.02 Å². The van der Waals surface area contributed by atoms with Crippen molar-refractivity contribution in [1.82, 2.24) is 0 Å². The molecule has 0 unspecified atom stereocenters. The van der Waals surface area contributed by atoms with E-state index in [9.17, 15) is 9.18 Å². The van der Waals surface area contributed by atoms with E-state index in [0.717, 1.165) is 17.6 Å². The van der Waals surface area contributed by atoms with E-state index in [0.29, 0.717) is 28.6 Å². The van der Waals surface area contributed by atoms with Crippen LogP contribution in [0.5, 0.6) is 0 Å². The van der Waals surface area contributed by atoms with Gasteiger partial charge in [0.2, 0.25) is 0 Å². The summed E-state index contributed by atoms with van der Waals surface area (Å²) in [6.07, 6.45) is 6.21.